The van der Waals surface area contributed by atoms with Crippen LogP contribution in [0.25, 0.3) is 0 Å². The molecule has 0 bridgehead atoms. The number of hydrogen-bond acceptors (Lipinski definition) is 4. The topological polar surface area (TPSA) is 108 Å². The zero-order valence-corrected chi connectivity index (χ0v) is 10.6. The quantitative estimate of drug-likeness (QED) is 0.667. The van der Waals surface area contributed by atoms with E-state index in [1.165, 1.54) is 6.33 Å². The summed E-state index contributed by atoms with van der Waals surface area (Å²) in [4.78, 5) is 25.7. The molecule has 1 aromatic rings. The van der Waals surface area contributed by atoms with Gasteiger partial charge >= 0.3 is 5.97 Å². The van der Waals surface area contributed by atoms with Gasteiger partial charge in [0.15, 0.2) is 0 Å². The van der Waals surface area contributed by atoms with E-state index >= 15 is 0 Å². The second-order valence-electron chi connectivity index (χ2n) is 4.90. The van der Waals surface area contributed by atoms with Crippen molar-refractivity contribution < 1.29 is 14.7 Å². The first-order valence-electron chi connectivity index (χ1n) is 5.76. The molecule has 0 saturated heterocycles. The number of nitrogens with one attached hydrogen (secondary N) is 2. The van der Waals surface area contributed by atoms with Crippen LogP contribution in [0, 0.1) is 5.41 Å². The van der Waals surface area contributed by atoms with Gasteiger partial charge in [-0.25, -0.2) is 4.98 Å². The first-order valence-corrected chi connectivity index (χ1v) is 5.76. The first kappa shape index (κ1) is 14.1. The maximum absolute atomic E-state index is 11.5. The lowest BCUT2D eigenvalue weighted by molar-refractivity contribution is -0.137. The van der Waals surface area contributed by atoms with Crippen LogP contribution in [0.1, 0.15) is 43.7 Å². The van der Waals surface area contributed by atoms with E-state index in [4.69, 9.17) is 5.11 Å². The summed E-state index contributed by atoms with van der Waals surface area (Å²) in [5.41, 5.74) is -0.118. The van der Waals surface area contributed by atoms with Crippen LogP contribution >= 0.6 is 0 Å². The van der Waals surface area contributed by atoms with E-state index in [1.807, 2.05) is 13.8 Å². The molecule has 0 atom stereocenters. The van der Waals surface area contributed by atoms with E-state index in [-0.39, 0.29) is 23.6 Å². The zero-order chi connectivity index (χ0) is 13.6. The van der Waals surface area contributed by atoms with Crippen LogP contribution in [0.2, 0.25) is 0 Å². The second kappa shape index (κ2) is 6.13. The third-order valence-corrected chi connectivity index (χ3v) is 2.73. The molecule has 0 aromatic carbocycles. The predicted octanol–water partition coefficient (Wildman–Crippen LogP) is 0.816. The Hall–Kier alpha value is -1.92. The summed E-state index contributed by atoms with van der Waals surface area (Å²) in [6.45, 7) is 4.44. The lowest BCUT2D eigenvalue weighted by Crippen LogP contribution is -2.29. The van der Waals surface area contributed by atoms with E-state index < -0.39 is 5.97 Å². The molecule has 1 aromatic heterocycles. The van der Waals surface area contributed by atoms with Gasteiger partial charge in [0, 0.05) is 13.0 Å². The van der Waals surface area contributed by atoms with E-state index in [0.29, 0.717) is 19.4 Å². The summed E-state index contributed by atoms with van der Waals surface area (Å²) < 4.78 is 0. The number of carbonyl (C=O) groups excluding carboxylic acids is 1. The van der Waals surface area contributed by atoms with Gasteiger partial charge in [0.05, 0.1) is 0 Å². The largest absolute Gasteiger partial charge is 0.481 e. The summed E-state index contributed by atoms with van der Waals surface area (Å²) in [6.07, 6.45) is 2.70. The minimum absolute atomic E-state index is 0.118. The Labute approximate surface area is 105 Å². The minimum Gasteiger partial charge on any atom is -0.481 e. The number of aromatic nitrogens is 3. The van der Waals surface area contributed by atoms with Crippen molar-refractivity contribution in [2.75, 3.05) is 6.54 Å². The Morgan fingerprint density at radius 1 is 1.44 bits per heavy atom. The molecule has 0 aliphatic carbocycles. The number of nitrogens with zero attached hydrogens (tertiary/aromatic N) is 2. The minimum atomic E-state index is -0.797. The molecule has 0 unspecified atom stereocenters. The molecule has 1 heterocycles. The molecule has 0 aliphatic heterocycles. The van der Waals surface area contributed by atoms with Gasteiger partial charge in [-0.2, -0.15) is 5.10 Å². The molecule has 0 fully saturated rings. The average molecular weight is 254 g/mol. The standard InChI is InChI=1S/C11H18N4O3/c1-11(2,4-3-8(16)17)5-6-12-10(18)9-13-7-14-15-9/h7H,3-6H2,1-2H3,(H,12,18)(H,16,17)(H,13,14,15). The summed E-state index contributed by atoms with van der Waals surface area (Å²) in [6, 6.07) is 0. The Morgan fingerprint density at radius 2 is 2.17 bits per heavy atom. The lowest BCUT2D eigenvalue weighted by Gasteiger charge is -2.23. The molecular formula is C11H18N4O3. The number of rotatable bonds is 7. The fourth-order valence-corrected chi connectivity index (χ4v) is 1.48. The van der Waals surface area contributed by atoms with Gasteiger partial charge in [0.25, 0.3) is 5.91 Å². The molecular weight excluding hydrogens is 236 g/mol. The highest BCUT2D eigenvalue weighted by molar-refractivity contribution is 5.90. The molecule has 3 N–H and O–H groups in total. The first-order chi connectivity index (χ1) is 8.41. The monoisotopic (exact) mass is 254 g/mol. The normalized spacial score (nSPS) is 11.2. The van der Waals surface area contributed by atoms with Gasteiger partial charge in [0.2, 0.25) is 5.82 Å². The fourth-order valence-electron chi connectivity index (χ4n) is 1.48. The molecule has 7 nitrogen and oxygen atoms in total. The second-order valence-corrected chi connectivity index (χ2v) is 4.90. The van der Waals surface area contributed by atoms with Crippen molar-refractivity contribution in [1.29, 1.82) is 0 Å². The van der Waals surface area contributed by atoms with Crippen LogP contribution in [-0.2, 0) is 4.79 Å². The number of carboxylic acid groups (broad SMARTS) is 1. The van der Waals surface area contributed by atoms with Crippen LogP contribution in [0.3, 0.4) is 0 Å². The van der Waals surface area contributed by atoms with Crippen LogP contribution in [-0.4, -0.2) is 38.7 Å². The molecule has 0 radical (unpaired) electrons. The lowest BCUT2D eigenvalue weighted by atomic mass is 9.84. The van der Waals surface area contributed by atoms with Crippen molar-refractivity contribution in [1.82, 2.24) is 20.5 Å². The Morgan fingerprint density at radius 3 is 2.72 bits per heavy atom. The van der Waals surface area contributed by atoms with Crippen LogP contribution in [0.5, 0.6) is 0 Å². The molecule has 100 valence electrons. The van der Waals surface area contributed by atoms with Gasteiger partial charge < -0.3 is 10.4 Å². The third kappa shape index (κ3) is 4.94. The number of H-pyrrole nitrogens is 1. The molecule has 18 heavy (non-hydrogen) atoms. The molecule has 0 saturated carbocycles. The number of hydrogen-bond donors (Lipinski definition) is 3. The van der Waals surface area contributed by atoms with Crippen molar-refractivity contribution in [3.63, 3.8) is 0 Å². The maximum Gasteiger partial charge on any atom is 0.303 e. The molecule has 1 amide bonds. The van der Waals surface area contributed by atoms with Gasteiger partial charge in [-0.3, -0.25) is 14.7 Å². The Bertz CT molecular complexity index is 400. The SMILES string of the molecule is CC(C)(CCNC(=O)c1ncn[nH]1)CCC(=O)O. The van der Waals surface area contributed by atoms with Crippen molar-refractivity contribution in [3.05, 3.63) is 12.2 Å². The summed E-state index contributed by atoms with van der Waals surface area (Å²) in [7, 11) is 0. The number of carboxylic acids is 1. The Kier molecular flexibility index (Phi) is 4.82. The van der Waals surface area contributed by atoms with Crippen LogP contribution < -0.4 is 5.32 Å². The molecule has 7 heteroatoms. The van der Waals surface area contributed by atoms with Crippen molar-refractivity contribution in [2.24, 2.45) is 5.41 Å². The third-order valence-electron chi connectivity index (χ3n) is 2.73. The van der Waals surface area contributed by atoms with Crippen LogP contribution in [0.15, 0.2) is 6.33 Å². The molecule has 0 spiro atoms. The van der Waals surface area contributed by atoms with Crippen molar-refractivity contribution in [3.8, 4) is 0 Å². The van der Waals surface area contributed by atoms with Gasteiger partial charge in [-0.15, -0.1) is 0 Å². The predicted molar refractivity (Wildman–Crippen MR) is 64.0 cm³/mol. The Balaban J connectivity index is 2.28. The molecule has 1 rings (SSSR count). The number of aromatic amines is 1. The summed E-state index contributed by atoms with van der Waals surface area (Å²) in [5.74, 6) is -0.923. The maximum atomic E-state index is 11.5. The van der Waals surface area contributed by atoms with E-state index in [0.717, 1.165) is 0 Å². The highest BCUT2D eigenvalue weighted by atomic mass is 16.4. The fraction of sp³-hybridized carbons (Fsp3) is 0.636. The highest BCUT2D eigenvalue weighted by Crippen LogP contribution is 2.25. The number of amides is 1. The molecule has 0 aliphatic rings. The van der Waals surface area contributed by atoms with Crippen molar-refractivity contribution >= 4 is 11.9 Å². The van der Waals surface area contributed by atoms with Gasteiger partial charge in [0.1, 0.15) is 6.33 Å². The highest BCUT2D eigenvalue weighted by Gasteiger charge is 2.19. The van der Waals surface area contributed by atoms with Gasteiger partial charge in [-0.1, -0.05) is 13.8 Å². The summed E-state index contributed by atoms with van der Waals surface area (Å²) >= 11 is 0. The average Bonchev–Trinajstić information content (AvgIpc) is 2.79. The smallest absolute Gasteiger partial charge is 0.303 e. The summed E-state index contributed by atoms with van der Waals surface area (Å²) in [5, 5.41) is 17.4. The van der Waals surface area contributed by atoms with E-state index in [1.54, 1.807) is 0 Å². The van der Waals surface area contributed by atoms with E-state index in [2.05, 4.69) is 20.5 Å². The van der Waals surface area contributed by atoms with Crippen molar-refractivity contribution in [2.45, 2.75) is 33.1 Å². The zero-order valence-electron chi connectivity index (χ0n) is 10.6. The number of aliphatic carboxylic acids is 1. The van der Waals surface area contributed by atoms with Gasteiger partial charge in [-0.05, 0) is 18.3 Å². The van der Waals surface area contributed by atoms with Crippen LogP contribution in [0.4, 0.5) is 0 Å². The number of carbonyl (C=O) groups is 2. The van der Waals surface area contributed by atoms with E-state index in [9.17, 15) is 9.59 Å².